The predicted molar refractivity (Wildman–Crippen MR) is 213 cm³/mol. The van der Waals surface area contributed by atoms with Crippen molar-refractivity contribution in [2.75, 3.05) is 0 Å². The van der Waals surface area contributed by atoms with E-state index in [1.165, 1.54) is 0 Å². The molecule has 0 amide bonds. The lowest BCUT2D eigenvalue weighted by molar-refractivity contribution is 0.641. The second-order valence-electron chi connectivity index (χ2n) is 14.7. The van der Waals surface area contributed by atoms with Crippen molar-refractivity contribution in [2.24, 2.45) is 31.1 Å². The second-order valence-corrected chi connectivity index (χ2v) is 14.7. The van der Waals surface area contributed by atoms with Gasteiger partial charge >= 0.3 is 0 Å². The molecule has 5 aromatic heterocycles. The molecule has 9 rings (SSSR count). The molecule has 12 heteroatoms. The SMILES string of the molecule is Cc1nc(C2C3=N/C(=C(/c4ncc(C)n4C)c4ccc([nH]4)/C(c4nc(C)c(C)n4C)=C4/C=CC(=N4)/C(c4nc(C)c(C)n4C)=C4/C=CC2N4)C=C3)[nH]c1C. The van der Waals surface area contributed by atoms with E-state index in [0.717, 1.165) is 120 Å². The Balaban J connectivity index is 1.36. The maximum absolute atomic E-state index is 5.42. The van der Waals surface area contributed by atoms with Crippen LogP contribution in [0.5, 0.6) is 0 Å². The first kappa shape index (κ1) is 33.5. The van der Waals surface area contributed by atoms with Gasteiger partial charge in [-0.3, -0.25) is 4.99 Å². The molecule has 4 aliphatic heterocycles. The van der Waals surface area contributed by atoms with Crippen LogP contribution in [0.15, 0.2) is 81.9 Å². The zero-order valence-electron chi connectivity index (χ0n) is 32.4. The zero-order valence-corrected chi connectivity index (χ0v) is 32.4. The quantitative estimate of drug-likeness (QED) is 0.199. The molecular weight excluding hydrogens is 673 g/mol. The Morgan fingerprint density at radius 3 is 1.83 bits per heavy atom. The normalized spacial score (nSPS) is 23.2. The molecule has 9 heterocycles. The zero-order chi connectivity index (χ0) is 37.7. The molecule has 8 bridgehead atoms. The van der Waals surface area contributed by atoms with Crippen molar-refractivity contribution in [2.45, 2.75) is 60.4 Å². The van der Waals surface area contributed by atoms with Gasteiger partial charge in [-0.05, 0) is 91.0 Å². The van der Waals surface area contributed by atoms with Crippen LogP contribution in [0.1, 0.15) is 80.5 Å². The Labute approximate surface area is 314 Å². The Kier molecular flexibility index (Phi) is 7.53. The van der Waals surface area contributed by atoms with Crippen molar-refractivity contribution in [3.63, 3.8) is 0 Å². The summed E-state index contributed by atoms with van der Waals surface area (Å²) in [6, 6.07) is 4.07. The fraction of sp³-hybridized carbons (Fsp3) is 0.286. The number of aromatic nitrogens is 9. The first-order chi connectivity index (χ1) is 25.9. The second kappa shape index (κ2) is 12.1. The van der Waals surface area contributed by atoms with Gasteiger partial charge < -0.3 is 29.0 Å². The number of fused-ring (bicyclic) bond motifs is 6. The van der Waals surface area contributed by atoms with Crippen molar-refractivity contribution in [3.05, 3.63) is 146 Å². The van der Waals surface area contributed by atoms with E-state index in [9.17, 15) is 0 Å². The van der Waals surface area contributed by atoms with Gasteiger partial charge in [-0.1, -0.05) is 6.08 Å². The van der Waals surface area contributed by atoms with E-state index >= 15 is 0 Å². The van der Waals surface area contributed by atoms with E-state index < -0.39 is 0 Å². The number of aromatic amines is 2. The van der Waals surface area contributed by atoms with Gasteiger partial charge in [0.1, 0.15) is 23.3 Å². The average Bonchev–Trinajstić information content (AvgIpc) is 4.02. The molecular formula is C42H44N12. The largest absolute Gasteiger partial charge is 0.377 e. The highest BCUT2D eigenvalue weighted by molar-refractivity contribution is 6.31. The van der Waals surface area contributed by atoms with Gasteiger partial charge in [0.25, 0.3) is 0 Å². The van der Waals surface area contributed by atoms with Crippen LogP contribution in [0.2, 0.25) is 0 Å². The van der Waals surface area contributed by atoms with Gasteiger partial charge in [-0.15, -0.1) is 0 Å². The molecule has 0 spiro atoms. The van der Waals surface area contributed by atoms with Crippen molar-refractivity contribution >= 4 is 28.1 Å². The van der Waals surface area contributed by atoms with Gasteiger partial charge in [0.15, 0.2) is 0 Å². The van der Waals surface area contributed by atoms with Crippen LogP contribution in [0.3, 0.4) is 0 Å². The maximum atomic E-state index is 5.42. The number of H-pyrrole nitrogens is 2. The van der Waals surface area contributed by atoms with Gasteiger partial charge in [-0.2, -0.15) is 0 Å². The minimum Gasteiger partial charge on any atom is -0.377 e. The molecule has 272 valence electrons. The van der Waals surface area contributed by atoms with E-state index in [-0.39, 0.29) is 12.0 Å². The first-order valence-electron chi connectivity index (χ1n) is 18.3. The number of nitrogens with one attached hydrogen (secondary N) is 3. The third-order valence-electron chi connectivity index (χ3n) is 11.6. The summed E-state index contributed by atoms with van der Waals surface area (Å²) in [4.78, 5) is 38.3. The highest BCUT2D eigenvalue weighted by atomic mass is 15.1. The number of aliphatic imine (C=N–C) groups is 2. The fourth-order valence-corrected chi connectivity index (χ4v) is 7.79. The van der Waals surface area contributed by atoms with Crippen molar-refractivity contribution < 1.29 is 0 Å². The van der Waals surface area contributed by atoms with Crippen LogP contribution in [0, 0.1) is 48.5 Å². The number of aryl methyl sites for hydroxylation is 5. The van der Waals surface area contributed by atoms with E-state index in [2.05, 4.69) is 126 Å². The van der Waals surface area contributed by atoms with E-state index in [1.54, 1.807) is 0 Å². The van der Waals surface area contributed by atoms with Crippen molar-refractivity contribution in [3.8, 4) is 0 Å². The summed E-state index contributed by atoms with van der Waals surface area (Å²) in [5.74, 6) is 3.13. The third-order valence-corrected chi connectivity index (χ3v) is 11.6. The van der Waals surface area contributed by atoms with Crippen LogP contribution in [-0.2, 0) is 21.1 Å². The summed E-state index contributed by atoms with van der Waals surface area (Å²) in [7, 11) is 6.18. The minimum atomic E-state index is -0.222. The molecule has 2 atom stereocenters. The Hall–Kier alpha value is -6.30. The highest BCUT2D eigenvalue weighted by Crippen LogP contribution is 2.39. The number of hydrogen-bond donors (Lipinski definition) is 3. The molecule has 5 aromatic rings. The molecule has 0 fully saturated rings. The smallest absolute Gasteiger partial charge is 0.144 e. The van der Waals surface area contributed by atoms with Crippen molar-refractivity contribution in [1.82, 2.24) is 48.9 Å². The number of nitrogens with zero attached hydrogens (tertiary/aromatic N) is 9. The number of imidazole rings is 4. The van der Waals surface area contributed by atoms with Crippen LogP contribution in [-0.4, -0.2) is 61.1 Å². The summed E-state index contributed by atoms with van der Waals surface area (Å²) in [6.07, 6.45) is 14.7. The van der Waals surface area contributed by atoms with E-state index in [1.807, 2.05) is 27.1 Å². The van der Waals surface area contributed by atoms with Gasteiger partial charge in [0.2, 0.25) is 0 Å². The van der Waals surface area contributed by atoms with E-state index in [4.69, 9.17) is 29.9 Å². The molecule has 0 radical (unpaired) electrons. The molecule has 54 heavy (non-hydrogen) atoms. The maximum Gasteiger partial charge on any atom is 0.144 e. The van der Waals surface area contributed by atoms with Gasteiger partial charge in [0.05, 0.1) is 80.0 Å². The molecule has 12 nitrogen and oxygen atoms in total. The molecule has 0 saturated carbocycles. The summed E-state index contributed by atoms with van der Waals surface area (Å²) >= 11 is 0. The highest BCUT2D eigenvalue weighted by Gasteiger charge is 2.36. The third kappa shape index (κ3) is 5.03. The van der Waals surface area contributed by atoms with Crippen LogP contribution < -0.4 is 5.32 Å². The molecule has 0 aliphatic carbocycles. The van der Waals surface area contributed by atoms with Crippen LogP contribution in [0.4, 0.5) is 0 Å². The summed E-state index contributed by atoms with van der Waals surface area (Å²) in [6.45, 7) is 14.5. The summed E-state index contributed by atoms with van der Waals surface area (Å²) in [5, 5.41) is 3.89. The standard InChI is InChI=1S/C42H44N12/c1-20-19-43-40(52(20)8)36-29-13-11-27(48-29)35(39-44-21(2)22(3)45-39)28-12-14-31(49-28)37(41-46-23(4)25(6)53(41)9)33-17-18-34(51-33)38(32-16-15-30(36)50-32)42-47-24(5)26(7)54(42)10/h11-19,28,35,49-50H,1-10H3,(H,44,45)/b36-29+,37-31+,38-34+. The number of rotatable bonds is 4. The summed E-state index contributed by atoms with van der Waals surface area (Å²) < 4.78 is 6.41. The Bertz CT molecular complexity index is 2670. The number of allylic oxidation sites excluding steroid dienone is 6. The molecule has 0 saturated heterocycles. The van der Waals surface area contributed by atoms with Crippen LogP contribution >= 0.6 is 0 Å². The lowest BCUT2D eigenvalue weighted by atomic mass is 9.94. The lowest BCUT2D eigenvalue weighted by Gasteiger charge is -2.22. The molecule has 2 unspecified atom stereocenters. The van der Waals surface area contributed by atoms with Gasteiger partial charge in [-0.25, -0.2) is 24.9 Å². The minimum absolute atomic E-state index is 0.163. The van der Waals surface area contributed by atoms with Gasteiger partial charge in [0, 0.05) is 55.8 Å². The van der Waals surface area contributed by atoms with Crippen LogP contribution in [0.25, 0.3) is 16.7 Å². The summed E-state index contributed by atoms with van der Waals surface area (Å²) in [5.41, 5.74) is 16.0. The molecule has 0 aromatic carbocycles. The van der Waals surface area contributed by atoms with Crippen molar-refractivity contribution in [1.29, 1.82) is 0 Å². The number of hydrogen-bond acceptors (Lipinski definition) is 7. The predicted octanol–water partition coefficient (Wildman–Crippen LogP) is 6.37. The first-order valence-corrected chi connectivity index (χ1v) is 18.3. The molecule has 4 aliphatic rings. The fourth-order valence-electron chi connectivity index (χ4n) is 7.79. The molecule has 3 N–H and O–H groups in total. The van der Waals surface area contributed by atoms with E-state index in [0.29, 0.717) is 0 Å². The average molecular weight is 717 g/mol. The topological polar surface area (TPSA) is 135 Å². The Morgan fingerprint density at radius 1 is 0.611 bits per heavy atom. The monoisotopic (exact) mass is 716 g/mol. The lowest BCUT2D eigenvalue weighted by Crippen LogP contribution is -2.34. The Morgan fingerprint density at radius 2 is 1.24 bits per heavy atom.